The lowest BCUT2D eigenvalue weighted by molar-refractivity contribution is -0.138. The smallest absolute Gasteiger partial charge is 0.336 e. The third-order valence-corrected chi connectivity index (χ3v) is 6.32. The predicted octanol–water partition coefficient (Wildman–Crippen LogP) is 5.08. The van der Waals surface area contributed by atoms with Gasteiger partial charge in [-0.25, -0.2) is 4.79 Å². The number of dihydropyridines is 1. The largest absolute Gasteiger partial charge is 0.506 e. The summed E-state index contributed by atoms with van der Waals surface area (Å²) in [5.41, 5.74) is 3.17. The van der Waals surface area contributed by atoms with Crippen molar-refractivity contribution in [2.24, 2.45) is 5.41 Å². The molecule has 2 N–H and O–H groups in total. The first-order chi connectivity index (χ1) is 13.1. The van der Waals surface area contributed by atoms with Crippen LogP contribution < -0.4 is 5.32 Å². The minimum Gasteiger partial charge on any atom is -0.506 e. The Balaban J connectivity index is 2.24. The van der Waals surface area contributed by atoms with E-state index in [1.54, 1.807) is 19.1 Å². The third kappa shape index (κ3) is 3.79. The van der Waals surface area contributed by atoms with Crippen LogP contribution in [-0.2, 0) is 14.3 Å². The van der Waals surface area contributed by atoms with Gasteiger partial charge in [-0.05, 0) is 75.2 Å². The first kappa shape index (κ1) is 21.1. The molecule has 0 aromatic heterocycles. The molecule has 0 saturated heterocycles. The van der Waals surface area contributed by atoms with Crippen LogP contribution in [0.3, 0.4) is 0 Å². The van der Waals surface area contributed by atoms with Crippen molar-refractivity contribution in [1.29, 1.82) is 0 Å². The van der Waals surface area contributed by atoms with E-state index in [1.807, 2.05) is 6.92 Å². The Bertz CT molecular complexity index is 907. The molecule has 0 unspecified atom stereocenters. The van der Waals surface area contributed by atoms with Gasteiger partial charge in [0.15, 0.2) is 5.78 Å². The fraction of sp³-hybridized carbons (Fsp3) is 0.429. The van der Waals surface area contributed by atoms with E-state index in [-0.39, 0.29) is 23.6 Å². The molecule has 0 radical (unpaired) electrons. The molecule has 1 aliphatic heterocycles. The van der Waals surface area contributed by atoms with Gasteiger partial charge < -0.3 is 15.2 Å². The summed E-state index contributed by atoms with van der Waals surface area (Å²) in [6, 6.07) is 3.50. The minimum atomic E-state index is -0.549. The van der Waals surface area contributed by atoms with E-state index in [1.165, 1.54) is 0 Å². The Morgan fingerprint density at radius 2 is 1.89 bits per heavy atom. The highest BCUT2D eigenvalue weighted by Gasteiger charge is 2.43. The molecule has 1 heterocycles. The molecule has 150 valence electrons. The first-order valence-corrected chi connectivity index (χ1v) is 10.7. The van der Waals surface area contributed by atoms with Crippen LogP contribution in [0.25, 0.3) is 0 Å². The molecule has 1 atom stereocenters. The number of ketones is 1. The van der Waals surface area contributed by atoms with Gasteiger partial charge in [-0.15, -0.1) is 0 Å². The summed E-state index contributed by atoms with van der Waals surface area (Å²) in [5, 5.41) is 13.4. The lowest BCUT2D eigenvalue weighted by Crippen LogP contribution is -2.38. The van der Waals surface area contributed by atoms with Crippen molar-refractivity contribution in [2.75, 3.05) is 6.61 Å². The molecule has 0 amide bonds. The Morgan fingerprint density at radius 3 is 2.46 bits per heavy atom. The van der Waals surface area contributed by atoms with Gasteiger partial charge in [-0.2, -0.15) is 0 Å². The van der Waals surface area contributed by atoms with Gasteiger partial charge in [0.2, 0.25) is 0 Å². The van der Waals surface area contributed by atoms with E-state index in [0.717, 1.165) is 17.7 Å². The van der Waals surface area contributed by atoms with Gasteiger partial charge in [0.1, 0.15) is 5.75 Å². The molecule has 0 bridgehead atoms. The number of esters is 1. The molecule has 28 heavy (non-hydrogen) atoms. The van der Waals surface area contributed by atoms with Gasteiger partial charge in [0.25, 0.3) is 0 Å². The zero-order chi connectivity index (χ0) is 20.8. The number of hydrogen-bond donors (Lipinski definition) is 2. The normalized spacial score (nSPS) is 21.4. The Kier molecular flexibility index (Phi) is 5.79. The number of halogens is 2. The highest BCUT2D eigenvalue weighted by atomic mass is 79.9. The fourth-order valence-corrected chi connectivity index (χ4v) is 5.22. The van der Waals surface area contributed by atoms with Crippen molar-refractivity contribution in [3.63, 3.8) is 0 Å². The molecule has 0 fully saturated rings. The number of aromatic hydroxyl groups is 1. The summed E-state index contributed by atoms with van der Waals surface area (Å²) in [5.74, 6) is -0.895. The van der Waals surface area contributed by atoms with Crippen LogP contribution in [0.15, 0.2) is 43.6 Å². The molecular weight excluding hydrogens is 490 g/mol. The number of hydrogen-bond acceptors (Lipinski definition) is 5. The number of allylic oxidation sites excluding steroid dienone is 3. The van der Waals surface area contributed by atoms with Crippen LogP contribution in [0.2, 0.25) is 0 Å². The van der Waals surface area contributed by atoms with Gasteiger partial charge in [-0.3, -0.25) is 4.79 Å². The van der Waals surface area contributed by atoms with Crippen molar-refractivity contribution in [1.82, 2.24) is 5.32 Å². The SMILES string of the molecule is CCOC(=O)C1=C(C)NC2=C(C(=O)CC(C)(C)C2)[C@@H]1c1cc(Br)c(O)c(Br)c1. The highest BCUT2D eigenvalue weighted by molar-refractivity contribution is 9.11. The van der Waals surface area contributed by atoms with E-state index < -0.39 is 11.9 Å². The van der Waals surface area contributed by atoms with Crippen LogP contribution in [0.4, 0.5) is 0 Å². The Labute approximate surface area is 181 Å². The number of benzene rings is 1. The Morgan fingerprint density at radius 1 is 1.29 bits per heavy atom. The zero-order valence-corrected chi connectivity index (χ0v) is 19.5. The van der Waals surface area contributed by atoms with E-state index in [0.29, 0.717) is 32.2 Å². The third-order valence-electron chi connectivity index (χ3n) is 5.11. The van der Waals surface area contributed by atoms with Gasteiger partial charge >= 0.3 is 5.97 Å². The number of carbonyl (C=O) groups excluding carboxylic acids is 2. The van der Waals surface area contributed by atoms with E-state index in [9.17, 15) is 14.7 Å². The quantitative estimate of drug-likeness (QED) is 0.552. The second kappa shape index (κ2) is 7.67. The number of Topliss-reactive ketones (excluding diaryl/α,β-unsaturated/α-hetero) is 1. The van der Waals surface area contributed by atoms with E-state index >= 15 is 0 Å². The molecule has 0 spiro atoms. The van der Waals surface area contributed by atoms with E-state index in [4.69, 9.17) is 4.74 Å². The van der Waals surface area contributed by atoms with Crippen LogP contribution in [-0.4, -0.2) is 23.5 Å². The van der Waals surface area contributed by atoms with Crippen LogP contribution in [0.5, 0.6) is 5.75 Å². The zero-order valence-electron chi connectivity index (χ0n) is 16.3. The second-order valence-electron chi connectivity index (χ2n) is 7.98. The number of carbonyl (C=O) groups is 2. The molecule has 0 saturated carbocycles. The van der Waals surface area contributed by atoms with Gasteiger partial charge in [-0.1, -0.05) is 13.8 Å². The van der Waals surface area contributed by atoms with Gasteiger partial charge in [0.05, 0.1) is 21.1 Å². The van der Waals surface area contributed by atoms with Crippen molar-refractivity contribution < 1.29 is 19.4 Å². The molecule has 1 aromatic carbocycles. The maximum absolute atomic E-state index is 13.2. The van der Waals surface area contributed by atoms with E-state index in [2.05, 4.69) is 51.0 Å². The minimum absolute atomic E-state index is 0.0263. The van der Waals surface area contributed by atoms with Crippen LogP contribution in [0, 0.1) is 5.41 Å². The average Bonchev–Trinajstić information content (AvgIpc) is 2.56. The van der Waals surface area contributed by atoms with Gasteiger partial charge in [0, 0.05) is 29.3 Å². The molecule has 2 aliphatic rings. The summed E-state index contributed by atoms with van der Waals surface area (Å²) in [6.07, 6.45) is 1.14. The summed E-state index contributed by atoms with van der Waals surface area (Å²) in [4.78, 5) is 26.0. The molecule has 3 rings (SSSR count). The number of phenols is 1. The lowest BCUT2D eigenvalue weighted by atomic mass is 9.68. The number of rotatable bonds is 3. The fourth-order valence-electron chi connectivity index (χ4n) is 4.00. The van der Waals surface area contributed by atoms with Crippen LogP contribution >= 0.6 is 31.9 Å². The Hall–Kier alpha value is -1.60. The maximum Gasteiger partial charge on any atom is 0.336 e. The lowest BCUT2D eigenvalue weighted by Gasteiger charge is -2.39. The molecule has 7 heteroatoms. The van der Waals surface area contributed by atoms with Crippen molar-refractivity contribution >= 4 is 43.6 Å². The van der Waals surface area contributed by atoms with Crippen LogP contribution in [0.1, 0.15) is 52.0 Å². The predicted molar refractivity (Wildman–Crippen MR) is 114 cm³/mol. The highest BCUT2D eigenvalue weighted by Crippen LogP contribution is 2.48. The standard InChI is InChI=1S/C21H23Br2NO4/c1-5-28-20(27)16-10(2)24-14-8-21(3,4)9-15(25)18(14)17(16)11-6-12(22)19(26)13(23)7-11/h6-7,17,24,26H,5,8-9H2,1-4H3/t17-/m1/s1. The maximum atomic E-state index is 13.2. The summed E-state index contributed by atoms with van der Waals surface area (Å²) in [6.45, 7) is 7.97. The van der Waals surface area contributed by atoms with Crippen molar-refractivity contribution in [2.45, 2.75) is 46.5 Å². The molecule has 1 aromatic rings. The molecular formula is C21H23Br2NO4. The molecule has 1 aliphatic carbocycles. The molecule has 5 nitrogen and oxygen atoms in total. The second-order valence-corrected chi connectivity index (χ2v) is 9.69. The van der Waals surface area contributed by atoms with Crippen molar-refractivity contribution in [3.8, 4) is 5.75 Å². The number of ether oxygens (including phenoxy) is 1. The first-order valence-electron chi connectivity index (χ1n) is 9.14. The number of nitrogens with one attached hydrogen (secondary N) is 1. The summed E-state index contributed by atoms with van der Waals surface area (Å²) < 4.78 is 6.28. The summed E-state index contributed by atoms with van der Waals surface area (Å²) >= 11 is 6.72. The van der Waals surface area contributed by atoms with Crippen molar-refractivity contribution in [3.05, 3.63) is 49.2 Å². The summed E-state index contributed by atoms with van der Waals surface area (Å²) in [7, 11) is 0. The topological polar surface area (TPSA) is 75.6 Å². The average molecular weight is 513 g/mol. The monoisotopic (exact) mass is 511 g/mol. The number of phenolic OH excluding ortho intramolecular Hbond substituents is 1.